The molecular formula is C11H15NO. The quantitative estimate of drug-likeness (QED) is 0.706. The van der Waals surface area contributed by atoms with E-state index >= 15 is 0 Å². The van der Waals surface area contributed by atoms with Crippen molar-refractivity contribution >= 4 is 12.2 Å². The van der Waals surface area contributed by atoms with Crippen LogP contribution in [-0.4, -0.2) is 5.16 Å². The number of rotatable bonds is 3. The molecule has 0 spiro atoms. The van der Waals surface area contributed by atoms with Crippen LogP contribution in [0.1, 0.15) is 43.7 Å². The van der Waals surface area contributed by atoms with Crippen molar-refractivity contribution in [3.63, 3.8) is 0 Å². The maximum atomic E-state index is 5.14. The second kappa shape index (κ2) is 4.08. The zero-order valence-corrected chi connectivity index (χ0v) is 8.37. The molecule has 1 aromatic rings. The second-order valence-electron chi connectivity index (χ2n) is 3.20. The Morgan fingerprint density at radius 3 is 2.62 bits per heavy atom. The third-order valence-corrected chi connectivity index (χ3v) is 1.85. The predicted octanol–water partition coefficient (Wildman–Crippen LogP) is 3.47. The minimum absolute atomic E-state index is 0.378. The lowest BCUT2D eigenvalue weighted by atomic mass is 10.0. The van der Waals surface area contributed by atoms with Crippen LogP contribution in [-0.2, 0) is 0 Å². The molecule has 0 saturated heterocycles. The van der Waals surface area contributed by atoms with Gasteiger partial charge in [0, 0.05) is 5.56 Å². The van der Waals surface area contributed by atoms with Crippen molar-refractivity contribution in [3.8, 4) is 0 Å². The van der Waals surface area contributed by atoms with Gasteiger partial charge in [-0.2, -0.15) is 0 Å². The third kappa shape index (κ3) is 1.89. The summed E-state index contributed by atoms with van der Waals surface area (Å²) < 4.78 is 5.14. The van der Waals surface area contributed by atoms with Crippen molar-refractivity contribution in [1.29, 1.82) is 0 Å². The van der Waals surface area contributed by atoms with Gasteiger partial charge in [0.2, 0.25) is 0 Å². The van der Waals surface area contributed by atoms with Crippen molar-refractivity contribution in [2.45, 2.75) is 26.7 Å². The Bertz CT molecular complexity index is 321. The molecule has 13 heavy (non-hydrogen) atoms. The van der Waals surface area contributed by atoms with Crippen molar-refractivity contribution in [2.75, 3.05) is 0 Å². The van der Waals surface area contributed by atoms with Crippen LogP contribution in [0.25, 0.3) is 12.2 Å². The first-order chi connectivity index (χ1) is 6.20. The average molecular weight is 177 g/mol. The summed E-state index contributed by atoms with van der Waals surface area (Å²) in [4.78, 5) is 0. The van der Waals surface area contributed by atoms with Crippen molar-refractivity contribution < 1.29 is 4.52 Å². The standard InChI is InChI=1S/C11H15NO/c1-5-7-9-10(6-2)13-12-11(9)8(3)4/h5-8H,2H2,1,3-4H3/b7-5-. The van der Waals surface area contributed by atoms with E-state index in [4.69, 9.17) is 4.52 Å². The summed E-state index contributed by atoms with van der Waals surface area (Å²) in [7, 11) is 0. The molecule has 2 heteroatoms. The fraction of sp³-hybridized carbons (Fsp3) is 0.364. The Morgan fingerprint density at radius 2 is 2.15 bits per heavy atom. The van der Waals surface area contributed by atoms with Crippen molar-refractivity contribution in [2.24, 2.45) is 0 Å². The minimum Gasteiger partial charge on any atom is -0.356 e. The molecule has 0 amide bonds. The SMILES string of the molecule is C=Cc1onc(C(C)C)c1/C=C\C. The molecule has 0 saturated carbocycles. The van der Waals surface area contributed by atoms with Crippen LogP contribution in [0.15, 0.2) is 17.2 Å². The summed E-state index contributed by atoms with van der Waals surface area (Å²) in [6.07, 6.45) is 5.67. The fourth-order valence-corrected chi connectivity index (χ4v) is 1.22. The van der Waals surface area contributed by atoms with Gasteiger partial charge in [0.05, 0.1) is 5.69 Å². The molecule has 0 radical (unpaired) electrons. The molecule has 0 aliphatic heterocycles. The van der Waals surface area contributed by atoms with Crippen LogP contribution in [0.2, 0.25) is 0 Å². The lowest BCUT2D eigenvalue weighted by Crippen LogP contribution is -1.90. The maximum Gasteiger partial charge on any atom is 0.166 e. The first-order valence-corrected chi connectivity index (χ1v) is 4.45. The lowest BCUT2D eigenvalue weighted by molar-refractivity contribution is 0.402. The molecular weight excluding hydrogens is 162 g/mol. The molecule has 1 heterocycles. The van der Waals surface area contributed by atoms with E-state index in [2.05, 4.69) is 25.6 Å². The molecule has 0 aromatic carbocycles. The summed E-state index contributed by atoms with van der Waals surface area (Å²) in [5.41, 5.74) is 2.04. The van der Waals surface area contributed by atoms with Gasteiger partial charge >= 0.3 is 0 Å². The zero-order chi connectivity index (χ0) is 9.84. The Morgan fingerprint density at radius 1 is 1.46 bits per heavy atom. The van der Waals surface area contributed by atoms with E-state index in [0.29, 0.717) is 5.92 Å². The molecule has 0 bridgehead atoms. The summed E-state index contributed by atoms with van der Waals surface area (Å²) in [6, 6.07) is 0. The monoisotopic (exact) mass is 177 g/mol. The van der Waals surface area contributed by atoms with Crippen molar-refractivity contribution in [3.05, 3.63) is 29.7 Å². The van der Waals surface area contributed by atoms with Crippen LogP contribution in [0.3, 0.4) is 0 Å². The number of allylic oxidation sites excluding steroid dienone is 1. The van der Waals surface area contributed by atoms with E-state index in [-0.39, 0.29) is 0 Å². The number of nitrogens with zero attached hydrogens (tertiary/aromatic N) is 1. The van der Waals surface area contributed by atoms with E-state index in [9.17, 15) is 0 Å². The van der Waals surface area contributed by atoms with Gasteiger partial charge in [-0.25, -0.2) is 0 Å². The van der Waals surface area contributed by atoms with Gasteiger partial charge in [-0.05, 0) is 18.9 Å². The molecule has 1 rings (SSSR count). The fourth-order valence-electron chi connectivity index (χ4n) is 1.22. The highest BCUT2D eigenvalue weighted by atomic mass is 16.5. The van der Waals surface area contributed by atoms with Gasteiger partial charge in [0.25, 0.3) is 0 Å². The van der Waals surface area contributed by atoms with Crippen LogP contribution in [0.5, 0.6) is 0 Å². The Balaban J connectivity index is 3.21. The third-order valence-electron chi connectivity index (χ3n) is 1.85. The molecule has 0 N–H and O–H groups in total. The summed E-state index contributed by atoms with van der Waals surface area (Å²) >= 11 is 0. The van der Waals surface area contributed by atoms with Crippen LogP contribution >= 0.6 is 0 Å². The Hall–Kier alpha value is -1.31. The van der Waals surface area contributed by atoms with Gasteiger partial charge in [0.15, 0.2) is 5.76 Å². The maximum absolute atomic E-state index is 5.14. The Labute approximate surface area is 78.9 Å². The molecule has 2 nitrogen and oxygen atoms in total. The molecule has 1 aromatic heterocycles. The first kappa shape index (κ1) is 9.78. The van der Waals surface area contributed by atoms with Gasteiger partial charge < -0.3 is 4.52 Å². The first-order valence-electron chi connectivity index (χ1n) is 4.45. The van der Waals surface area contributed by atoms with E-state index < -0.39 is 0 Å². The van der Waals surface area contributed by atoms with Crippen LogP contribution in [0, 0.1) is 0 Å². The molecule has 0 atom stereocenters. The normalized spacial score (nSPS) is 11.4. The lowest BCUT2D eigenvalue weighted by Gasteiger charge is -1.99. The summed E-state index contributed by atoms with van der Waals surface area (Å²) in [6.45, 7) is 9.84. The minimum atomic E-state index is 0.378. The van der Waals surface area contributed by atoms with Gasteiger partial charge in [-0.1, -0.05) is 37.7 Å². The molecule has 0 unspecified atom stereocenters. The van der Waals surface area contributed by atoms with E-state index in [1.54, 1.807) is 6.08 Å². The summed E-state index contributed by atoms with van der Waals surface area (Å²) in [5.74, 6) is 1.13. The average Bonchev–Trinajstić information content (AvgIpc) is 2.48. The topological polar surface area (TPSA) is 26.0 Å². The van der Waals surface area contributed by atoms with E-state index in [1.807, 2.05) is 19.1 Å². The largest absolute Gasteiger partial charge is 0.356 e. The molecule has 0 aliphatic rings. The molecule has 0 fully saturated rings. The van der Waals surface area contributed by atoms with E-state index in [1.165, 1.54) is 0 Å². The van der Waals surface area contributed by atoms with Gasteiger partial charge in [-0.15, -0.1) is 0 Å². The highest BCUT2D eigenvalue weighted by Crippen LogP contribution is 2.23. The zero-order valence-electron chi connectivity index (χ0n) is 8.37. The van der Waals surface area contributed by atoms with Gasteiger partial charge in [-0.3, -0.25) is 0 Å². The molecule has 70 valence electrons. The van der Waals surface area contributed by atoms with E-state index in [0.717, 1.165) is 17.0 Å². The number of hydrogen-bond donors (Lipinski definition) is 0. The summed E-state index contributed by atoms with van der Waals surface area (Å²) in [5, 5.41) is 4.01. The second-order valence-corrected chi connectivity index (χ2v) is 3.20. The van der Waals surface area contributed by atoms with Gasteiger partial charge in [0.1, 0.15) is 0 Å². The predicted molar refractivity (Wildman–Crippen MR) is 55.4 cm³/mol. The molecule has 0 aliphatic carbocycles. The highest BCUT2D eigenvalue weighted by Gasteiger charge is 2.13. The Kier molecular flexibility index (Phi) is 3.07. The van der Waals surface area contributed by atoms with Crippen LogP contribution < -0.4 is 0 Å². The number of aromatic nitrogens is 1. The highest BCUT2D eigenvalue weighted by molar-refractivity contribution is 5.62. The number of hydrogen-bond acceptors (Lipinski definition) is 2. The van der Waals surface area contributed by atoms with Crippen LogP contribution in [0.4, 0.5) is 0 Å². The smallest absolute Gasteiger partial charge is 0.166 e. The van der Waals surface area contributed by atoms with Crippen molar-refractivity contribution in [1.82, 2.24) is 5.16 Å².